The van der Waals surface area contributed by atoms with Gasteiger partial charge < -0.3 is 10.4 Å². The first kappa shape index (κ1) is 14.0. The second-order valence-electron chi connectivity index (χ2n) is 5.33. The van der Waals surface area contributed by atoms with Crippen LogP contribution >= 0.6 is 0 Å². The lowest BCUT2D eigenvalue weighted by molar-refractivity contribution is -0.118. The van der Waals surface area contributed by atoms with E-state index >= 15 is 0 Å². The van der Waals surface area contributed by atoms with Crippen molar-refractivity contribution in [2.75, 3.05) is 25.0 Å². The molecule has 19 heavy (non-hydrogen) atoms. The fourth-order valence-corrected chi connectivity index (χ4v) is 2.45. The molecule has 1 saturated heterocycles. The largest absolute Gasteiger partial charge is 0.392 e. The Morgan fingerprint density at radius 3 is 3.00 bits per heavy atom. The lowest BCUT2D eigenvalue weighted by Crippen LogP contribution is -2.42. The molecule has 0 saturated carbocycles. The number of anilines is 1. The normalized spacial score (nSPS) is 20.3. The standard InChI is InChI=1S/C15H22N2O2/c1-11-5-3-7-14(12(11)2)16-15(19)10-17-8-4-6-13(18)9-17/h3,5,7,13,18H,4,6,8-10H2,1-2H3,(H,16,19). The maximum Gasteiger partial charge on any atom is 0.238 e. The number of β-amino-alcohol motifs (C(OH)–C–C–N with tert-alkyl or cyclic N) is 1. The number of hydrogen-bond donors (Lipinski definition) is 2. The van der Waals surface area contributed by atoms with Crippen molar-refractivity contribution in [3.8, 4) is 0 Å². The Morgan fingerprint density at radius 2 is 2.26 bits per heavy atom. The number of aliphatic hydroxyl groups is 1. The van der Waals surface area contributed by atoms with Gasteiger partial charge in [0.2, 0.25) is 5.91 Å². The van der Waals surface area contributed by atoms with E-state index in [1.165, 1.54) is 5.56 Å². The van der Waals surface area contributed by atoms with Gasteiger partial charge in [-0.15, -0.1) is 0 Å². The summed E-state index contributed by atoms with van der Waals surface area (Å²) in [5.74, 6) is -0.0113. The van der Waals surface area contributed by atoms with E-state index in [0.717, 1.165) is 30.6 Å². The van der Waals surface area contributed by atoms with Crippen molar-refractivity contribution in [1.29, 1.82) is 0 Å². The van der Waals surface area contributed by atoms with Gasteiger partial charge in [-0.1, -0.05) is 12.1 Å². The first-order valence-corrected chi connectivity index (χ1v) is 6.83. The van der Waals surface area contributed by atoms with Gasteiger partial charge in [-0.05, 0) is 50.4 Å². The minimum Gasteiger partial charge on any atom is -0.392 e. The van der Waals surface area contributed by atoms with Gasteiger partial charge in [0, 0.05) is 12.2 Å². The van der Waals surface area contributed by atoms with E-state index in [4.69, 9.17) is 0 Å². The van der Waals surface area contributed by atoms with Gasteiger partial charge in [0.1, 0.15) is 0 Å². The molecule has 0 spiro atoms. The van der Waals surface area contributed by atoms with Gasteiger partial charge in [0.05, 0.1) is 12.6 Å². The van der Waals surface area contributed by atoms with E-state index < -0.39 is 0 Å². The summed E-state index contributed by atoms with van der Waals surface area (Å²) in [7, 11) is 0. The maximum atomic E-state index is 12.0. The molecule has 4 nitrogen and oxygen atoms in total. The average Bonchev–Trinajstić information content (AvgIpc) is 2.35. The third kappa shape index (κ3) is 3.78. The Hall–Kier alpha value is -1.39. The van der Waals surface area contributed by atoms with Crippen LogP contribution in [0, 0.1) is 13.8 Å². The van der Waals surface area contributed by atoms with Crippen LogP contribution in [-0.4, -0.2) is 41.7 Å². The molecule has 1 aromatic rings. The van der Waals surface area contributed by atoms with E-state index in [-0.39, 0.29) is 12.0 Å². The van der Waals surface area contributed by atoms with Crippen LogP contribution in [0.3, 0.4) is 0 Å². The molecule has 1 atom stereocenters. The van der Waals surface area contributed by atoms with Gasteiger partial charge in [-0.25, -0.2) is 0 Å². The van der Waals surface area contributed by atoms with Gasteiger partial charge in [0.25, 0.3) is 0 Å². The number of hydrogen-bond acceptors (Lipinski definition) is 3. The lowest BCUT2D eigenvalue weighted by atomic mass is 10.1. The summed E-state index contributed by atoms with van der Waals surface area (Å²) < 4.78 is 0. The number of aliphatic hydroxyl groups excluding tert-OH is 1. The summed E-state index contributed by atoms with van der Waals surface area (Å²) in [5, 5.41) is 12.5. The summed E-state index contributed by atoms with van der Waals surface area (Å²) in [6.07, 6.45) is 1.51. The Labute approximate surface area is 114 Å². The number of piperidine rings is 1. The lowest BCUT2D eigenvalue weighted by Gasteiger charge is -2.29. The molecule has 1 aliphatic rings. The molecule has 1 heterocycles. The van der Waals surface area contributed by atoms with Gasteiger partial charge in [-0.3, -0.25) is 9.69 Å². The third-order valence-corrected chi connectivity index (χ3v) is 3.73. The van der Waals surface area contributed by atoms with E-state index in [1.54, 1.807) is 0 Å². The fourth-order valence-electron chi connectivity index (χ4n) is 2.45. The number of nitrogens with zero attached hydrogens (tertiary/aromatic N) is 1. The van der Waals surface area contributed by atoms with Crippen molar-refractivity contribution in [2.45, 2.75) is 32.8 Å². The Morgan fingerprint density at radius 1 is 1.47 bits per heavy atom. The summed E-state index contributed by atoms with van der Waals surface area (Å²) in [5.41, 5.74) is 3.16. The van der Waals surface area contributed by atoms with Crippen LogP contribution in [0.5, 0.6) is 0 Å². The highest BCUT2D eigenvalue weighted by molar-refractivity contribution is 5.93. The summed E-state index contributed by atoms with van der Waals surface area (Å²) >= 11 is 0. The highest BCUT2D eigenvalue weighted by Gasteiger charge is 2.19. The Kier molecular flexibility index (Phi) is 4.56. The molecular formula is C15H22N2O2. The third-order valence-electron chi connectivity index (χ3n) is 3.73. The molecule has 104 valence electrons. The monoisotopic (exact) mass is 262 g/mol. The van der Waals surface area contributed by atoms with Crippen LogP contribution in [0.4, 0.5) is 5.69 Å². The SMILES string of the molecule is Cc1cccc(NC(=O)CN2CCCC(O)C2)c1C. The minimum atomic E-state index is -0.290. The van der Waals surface area contributed by atoms with Gasteiger partial charge >= 0.3 is 0 Å². The topological polar surface area (TPSA) is 52.6 Å². The van der Waals surface area contributed by atoms with E-state index in [9.17, 15) is 9.90 Å². The molecule has 1 aromatic carbocycles. The van der Waals surface area contributed by atoms with Crippen LogP contribution in [0.1, 0.15) is 24.0 Å². The zero-order chi connectivity index (χ0) is 13.8. The zero-order valence-corrected chi connectivity index (χ0v) is 11.6. The van der Waals surface area contributed by atoms with Crippen molar-refractivity contribution in [3.05, 3.63) is 29.3 Å². The number of aryl methyl sites for hydroxylation is 1. The molecule has 2 N–H and O–H groups in total. The molecule has 1 unspecified atom stereocenters. The first-order valence-electron chi connectivity index (χ1n) is 6.83. The van der Waals surface area contributed by atoms with Crippen LogP contribution in [0.15, 0.2) is 18.2 Å². The van der Waals surface area contributed by atoms with E-state index in [2.05, 4.69) is 5.32 Å². The van der Waals surface area contributed by atoms with Crippen LogP contribution < -0.4 is 5.32 Å². The number of rotatable bonds is 3. The second kappa shape index (κ2) is 6.17. The molecule has 0 aromatic heterocycles. The zero-order valence-electron chi connectivity index (χ0n) is 11.6. The predicted molar refractivity (Wildman–Crippen MR) is 76.2 cm³/mol. The Bertz CT molecular complexity index is 459. The highest BCUT2D eigenvalue weighted by atomic mass is 16.3. The smallest absolute Gasteiger partial charge is 0.238 e. The molecule has 0 aliphatic carbocycles. The number of carbonyl (C=O) groups excluding carboxylic acids is 1. The summed E-state index contributed by atoms with van der Waals surface area (Å²) in [6, 6.07) is 5.90. The first-order chi connectivity index (χ1) is 9.06. The summed E-state index contributed by atoms with van der Waals surface area (Å²) in [6.45, 7) is 5.88. The number of likely N-dealkylation sites (tertiary alicyclic amines) is 1. The maximum absolute atomic E-state index is 12.0. The number of nitrogens with one attached hydrogen (secondary N) is 1. The molecule has 1 aliphatic heterocycles. The molecule has 0 bridgehead atoms. The molecule has 2 rings (SSSR count). The van der Waals surface area contributed by atoms with Crippen molar-refractivity contribution < 1.29 is 9.90 Å². The molecule has 1 amide bonds. The van der Waals surface area contributed by atoms with E-state index in [1.807, 2.05) is 36.9 Å². The molecular weight excluding hydrogens is 240 g/mol. The van der Waals surface area contributed by atoms with Crippen molar-refractivity contribution in [1.82, 2.24) is 4.90 Å². The van der Waals surface area contributed by atoms with Gasteiger partial charge in [-0.2, -0.15) is 0 Å². The quantitative estimate of drug-likeness (QED) is 0.871. The second-order valence-corrected chi connectivity index (χ2v) is 5.33. The van der Waals surface area contributed by atoms with E-state index in [0.29, 0.717) is 13.1 Å². The number of benzene rings is 1. The number of amides is 1. The number of carbonyl (C=O) groups is 1. The highest BCUT2D eigenvalue weighted by Crippen LogP contribution is 2.18. The average molecular weight is 262 g/mol. The summed E-state index contributed by atoms with van der Waals surface area (Å²) in [4.78, 5) is 14.0. The van der Waals surface area contributed by atoms with Crippen molar-refractivity contribution >= 4 is 11.6 Å². The Balaban J connectivity index is 1.92. The van der Waals surface area contributed by atoms with Gasteiger partial charge in [0.15, 0.2) is 0 Å². The molecule has 1 fully saturated rings. The van der Waals surface area contributed by atoms with Crippen LogP contribution in [0.2, 0.25) is 0 Å². The van der Waals surface area contributed by atoms with Crippen molar-refractivity contribution in [3.63, 3.8) is 0 Å². The fraction of sp³-hybridized carbons (Fsp3) is 0.533. The molecule has 4 heteroatoms. The van der Waals surface area contributed by atoms with Crippen LogP contribution in [0.25, 0.3) is 0 Å². The van der Waals surface area contributed by atoms with Crippen molar-refractivity contribution in [2.24, 2.45) is 0 Å². The molecule has 0 radical (unpaired) electrons. The minimum absolute atomic E-state index is 0.0113. The van der Waals surface area contributed by atoms with Crippen LogP contribution in [-0.2, 0) is 4.79 Å². The predicted octanol–water partition coefficient (Wildman–Crippen LogP) is 1.70.